The zero-order chi connectivity index (χ0) is 22.8. The molecule has 0 aliphatic rings. The molecule has 1 unspecified atom stereocenters. The van der Waals surface area contributed by atoms with Gasteiger partial charge in [0.25, 0.3) is 0 Å². The average molecular weight is 434 g/mol. The fourth-order valence-corrected chi connectivity index (χ4v) is 3.16. The SMILES string of the molecule is CN(Cc1ccc(COOC(=O)NC(Cc2ccccc2)C(=O)O)cc1)c1ccccc1. The van der Waals surface area contributed by atoms with E-state index >= 15 is 0 Å². The molecule has 0 aromatic heterocycles. The molecule has 0 spiro atoms. The largest absolute Gasteiger partial charge is 0.480 e. The number of anilines is 1. The smallest absolute Gasteiger partial charge is 0.439 e. The molecule has 0 bridgehead atoms. The van der Waals surface area contributed by atoms with Crippen LogP contribution in [0.3, 0.4) is 0 Å². The van der Waals surface area contributed by atoms with E-state index in [1.54, 1.807) is 24.3 Å². The van der Waals surface area contributed by atoms with Crippen molar-refractivity contribution in [2.75, 3.05) is 11.9 Å². The molecule has 1 atom stereocenters. The zero-order valence-corrected chi connectivity index (χ0v) is 17.8. The summed E-state index contributed by atoms with van der Waals surface area (Å²) >= 11 is 0. The molecule has 166 valence electrons. The van der Waals surface area contributed by atoms with Crippen LogP contribution < -0.4 is 10.2 Å². The molecule has 0 saturated carbocycles. The van der Waals surface area contributed by atoms with Gasteiger partial charge in [-0.15, -0.1) is 0 Å². The lowest BCUT2D eigenvalue weighted by molar-refractivity contribution is -0.249. The Morgan fingerprint density at radius 2 is 1.47 bits per heavy atom. The van der Waals surface area contributed by atoms with Gasteiger partial charge in [0.15, 0.2) is 0 Å². The van der Waals surface area contributed by atoms with Gasteiger partial charge in [0.05, 0.1) is 0 Å². The van der Waals surface area contributed by atoms with Crippen LogP contribution in [0, 0.1) is 0 Å². The van der Waals surface area contributed by atoms with E-state index in [0.29, 0.717) is 0 Å². The van der Waals surface area contributed by atoms with E-state index < -0.39 is 18.1 Å². The van der Waals surface area contributed by atoms with Crippen molar-refractivity contribution < 1.29 is 24.5 Å². The Kier molecular flexibility index (Phi) is 8.22. The van der Waals surface area contributed by atoms with Crippen molar-refractivity contribution in [1.29, 1.82) is 0 Å². The van der Waals surface area contributed by atoms with Gasteiger partial charge in [0.1, 0.15) is 12.6 Å². The Morgan fingerprint density at radius 3 is 2.09 bits per heavy atom. The van der Waals surface area contributed by atoms with Crippen molar-refractivity contribution in [1.82, 2.24) is 5.32 Å². The second-order valence-corrected chi connectivity index (χ2v) is 7.37. The average Bonchev–Trinajstić information content (AvgIpc) is 2.81. The molecule has 3 aromatic rings. The molecule has 3 rings (SSSR count). The number of nitrogens with zero attached hydrogens (tertiary/aromatic N) is 1. The van der Waals surface area contributed by atoms with E-state index in [2.05, 4.69) is 22.3 Å². The van der Waals surface area contributed by atoms with Crippen molar-refractivity contribution in [2.24, 2.45) is 0 Å². The number of benzene rings is 3. The number of para-hydroxylation sites is 1. The van der Waals surface area contributed by atoms with Crippen LogP contribution in [0.4, 0.5) is 10.5 Å². The molecule has 0 heterocycles. The van der Waals surface area contributed by atoms with Crippen molar-refractivity contribution in [3.63, 3.8) is 0 Å². The first-order valence-electron chi connectivity index (χ1n) is 10.2. The van der Waals surface area contributed by atoms with Gasteiger partial charge in [0.2, 0.25) is 0 Å². The van der Waals surface area contributed by atoms with Crippen LogP contribution in [0.15, 0.2) is 84.9 Å². The first-order chi connectivity index (χ1) is 15.5. The Bertz CT molecular complexity index is 994. The van der Waals surface area contributed by atoms with Crippen LogP contribution in [0.2, 0.25) is 0 Å². The number of carbonyl (C=O) groups excluding carboxylic acids is 1. The van der Waals surface area contributed by atoms with Crippen LogP contribution in [-0.2, 0) is 34.1 Å². The number of nitrogens with one attached hydrogen (secondary N) is 1. The summed E-state index contributed by atoms with van der Waals surface area (Å²) in [5.74, 6) is -1.15. The van der Waals surface area contributed by atoms with Gasteiger partial charge in [0, 0.05) is 25.7 Å². The normalized spacial score (nSPS) is 11.4. The number of carboxylic acid groups (broad SMARTS) is 1. The highest BCUT2D eigenvalue weighted by atomic mass is 17.2. The highest BCUT2D eigenvalue weighted by Gasteiger charge is 2.21. The molecule has 7 heteroatoms. The summed E-state index contributed by atoms with van der Waals surface area (Å²) in [6, 6.07) is 25.8. The molecule has 0 radical (unpaired) electrons. The second-order valence-electron chi connectivity index (χ2n) is 7.37. The van der Waals surface area contributed by atoms with Crippen LogP contribution >= 0.6 is 0 Å². The number of rotatable bonds is 10. The van der Waals surface area contributed by atoms with Crippen molar-refractivity contribution in [3.8, 4) is 0 Å². The number of aliphatic carboxylic acids is 1. The maximum absolute atomic E-state index is 11.9. The van der Waals surface area contributed by atoms with Crippen LogP contribution in [-0.4, -0.2) is 30.3 Å². The third kappa shape index (κ3) is 7.14. The minimum atomic E-state index is -1.15. The van der Waals surface area contributed by atoms with E-state index in [1.165, 1.54) is 0 Å². The van der Waals surface area contributed by atoms with Crippen molar-refractivity contribution >= 4 is 17.7 Å². The predicted molar refractivity (Wildman–Crippen MR) is 121 cm³/mol. The summed E-state index contributed by atoms with van der Waals surface area (Å²) in [5.41, 5.74) is 3.87. The minimum Gasteiger partial charge on any atom is -0.480 e. The first-order valence-corrected chi connectivity index (χ1v) is 10.2. The molecule has 1 amide bonds. The topological polar surface area (TPSA) is 88.1 Å². The quantitative estimate of drug-likeness (QED) is 0.368. The fourth-order valence-electron chi connectivity index (χ4n) is 3.16. The summed E-state index contributed by atoms with van der Waals surface area (Å²) in [6.07, 6.45) is -0.807. The summed E-state index contributed by atoms with van der Waals surface area (Å²) in [4.78, 5) is 35.2. The van der Waals surface area contributed by atoms with Gasteiger partial charge in [-0.1, -0.05) is 72.8 Å². The Hall–Kier alpha value is -3.84. The van der Waals surface area contributed by atoms with E-state index in [9.17, 15) is 14.7 Å². The lowest BCUT2D eigenvalue weighted by Crippen LogP contribution is -2.42. The van der Waals surface area contributed by atoms with Crippen LogP contribution in [0.5, 0.6) is 0 Å². The van der Waals surface area contributed by atoms with E-state index in [4.69, 9.17) is 9.78 Å². The maximum Gasteiger partial charge on any atom is 0.439 e. The molecule has 0 fully saturated rings. The monoisotopic (exact) mass is 434 g/mol. The number of amides is 1. The summed E-state index contributed by atoms with van der Waals surface area (Å²) in [7, 11) is 2.03. The fraction of sp³-hybridized carbons (Fsp3) is 0.200. The Balaban J connectivity index is 1.43. The van der Waals surface area contributed by atoms with Gasteiger partial charge < -0.3 is 15.3 Å². The van der Waals surface area contributed by atoms with Gasteiger partial charge in [-0.25, -0.2) is 9.59 Å². The first kappa shape index (κ1) is 22.8. The molecular formula is C25H26N2O5. The Morgan fingerprint density at radius 1 is 0.875 bits per heavy atom. The number of carboxylic acids is 1. The number of carbonyl (C=O) groups is 2. The molecule has 0 saturated heterocycles. The molecule has 7 nitrogen and oxygen atoms in total. The van der Waals surface area contributed by atoms with E-state index in [1.807, 2.05) is 55.6 Å². The maximum atomic E-state index is 11.9. The second kappa shape index (κ2) is 11.5. The van der Waals surface area contributed by atoms with Crippen molar-refractivity contribution in [3.05, 3.63) is 102 Å². The summed E-state index contributed by atoms with van der Waals surface area (Å²) in [6.45, 7) is 0.806. The molecule has 0 aliphatic carbocycles. The molecular weight excluding hydrogens is 408 g/mol. The van der Waals surface area contributed by atoms with Gasteiger partial charge >= 0.3 is 12.1 Å². The predicted octanol–water partition coefficient (Wildman–Crippen LogP) is 4.18. The van der Waals surface area contributed by atoms with Gasteiger partial charge in [-0.05, 0) is 28.8 Å². The Labute approximate surface area is 187 Å². The van der Waals surface area contributed by atoms with Crippen LogP contribution in [0.25, 0.3) is 0 Å². The zero-order valence-electron chi connectivity index (χ0n) is 17.8. The number of hydrogen-bond acceptors (Lipinski definition) is 5. The van der Waals surface area contributed by atoms with Crippen molar-refractivity contribution in [2.45, 2.75) is 25.6 Å². The van der Waals surface area contributed by atoms with Gasteiger partial charge in [-0.3, -0.25) is 4.89 Å². The summed E-state index contributed by atoms with van der Waals surface area (Å²) < 4.78 is 0. The molecule has 32 heavy (non-hydrogen) atoms. The van der Waals surface area contributed by atoms with Gasteiger partial charge in [-0.2, -0.15) is 4.89 Å². The highest BCUT2D eigenvalue weighted by molar-refractivity contribution is 5.80. The van der Waals surface area contributed by atoms with E-state index in [-0.39, 0.29) is 13.0 Å². The summed E-state index contributed by atoms with van der Waals surface area (Å²) in [5, 5.41) is 11.6. The molecule has 2 N–H and O–H groups in total. The highest BCUT2D eigenvalue weighted by Crippen LogP contribution is 2.15. The lowest BCUT2D eigenvalue weighted by atomic mass is 10.1. The molecule has 3 aromatic carbocycles. The lowest BCUT2D eigenvalue weighted by Gasteiger charge is -2.19. The minimum absolute atomic E-state index is 0.0542. The standard InChI is InChI=1S/C25H26N2O5/c1-27(22-10-6-3-7-11-22)17-20-12-14-21(15-13-20)18-31-32-25(30)26-23(24(28)29)16-19-8-4-2-5-9-19/h2-15,23H,16-18H2,1H3,(H,26,30)(H,28,29). The third-order valence-corrected chi connectivity index (χ3v) is 4.87. The molecule has 0 aliphatic heterocycles. The van der Waals surface area contributed by atoms with Crippen LogP contribution in [0.1, 0.15) is 16.7 Å². The number of hydrogen-bond donors (Lipinski definition) is 2. The third-order valence-electron chi connectivity index (χ3n) is 4.87. The van der Waals surface area contributed by atoms with E-state index in [0.717, 1.165) is 28.9 Å².